The van der Waals surface area contributed by atoms with Gasteiger partial charge in [0, 0.05) is 11.4 Å². The average molecular weight is 251 g/mol. The maximum absolute atomic E-state index is 5.89. The Labute approximate surface area is 110 Å². The zero-order chi connectivity index (χ0) is 12.7. The van der Waals surface area contributed by atoms with Crippen molar-refractivity contribution in [3.8, 4) is 0 Å². The maximum Gasteiger partial charge on any atom is 0.196 e. The van der Waals surface area contributed by atoms with Crippen molar-refractivity contribution in [3.63, 3.8) is 0 Å². The summed E-state index contributed by atoms with van der Waals surface area (Å²) in [5, 5.41) is 4.47. The summed E-state index contributed by atoms with van der Waals surface area (Å²) in [6, 6.07) is 8.35. The Hall–Kier alpha value is -2.36. The van der Waals surface area contributed by atoms with E-state index < -0.39 is 0 Å². The van der Waals surface area contributed by atoms with Gasteiger partial charge in [-0.3, -0.25) is 0 Å². The fraction of sp³-hybridized carbons (Fsp3) is 0.200. The molecule has 0 radical (unpaired) electrons. The van der Waals surface area contributed by atoms with Gasteiger partial charge in [-0.1, -0.05) is 24.3 Å². The van der Waals surface area contributed by atoms with Crippen LogP contribution in [0, 0.1) is 0 Å². The van der Waals surface area contributed by atoms with Gasteiger partial charge < -0.3 is 9.73 Å². The third-order valence-corrected chi connectivity index (χ3v) is 3.51. The second kappa shape index (κ2) is 4.09. The van der Waals surface area contributed by atoms with Crippen LogP contribution >= 0.6 is 0 Å². The number of benzene rings is 1. The zero-order valence-corrected chi connectivity index (χ0v) is 10.3. The predicted molar refractivity (Wildman–Crippen MR) is 75.1 cm³/mol. The lowest BCUT2D eigenvalue weighted by Gasteiger charge is -2.12. The van der Waals surface area contributed by atoms with E-state index in [1.165, 1.54) is 0 Å². The summed E-state index contributed by atoms with van der Waals surface area (Å²) >= 11 is 0. The van der Waals surface area contributed by atoms with Gasteiger partial charge in [-0.15, -0.1) is 0 Å². The van der Waals surface area contributed by atoms with Gasteiger partial charge in [0.25, 0.3) is 0 Å². The molecule has 0 unspecified atom stereocenters. The van der Waals surface area contributed by atoms with Crippen molar-refractivity contribution in [2.75, 3.05) is 5.32 Å². The number of nitrogens with zero attached hydrogens (tertiary/aromatic N) is 2. The van der Waals surface area contributed by atoms with Crippen LogP contribution in [0.5, 0.6) is 0 Å². The first-order chi connectivity index (χ1) is 9.42. The van der Waals surface area contributed by atoms with E-state index in [4.69, 9.17) is 4.42 Å². The number of nitrogens with one attached hydrogen (secondary N) is 1. The standard InChI is InChI=1S/C15H13N3O/c1-2-6-10(5-1)18-15-14-13(16-9-17-15)11-7-3-4-8-12(11)19-14/h1-4,7-10H,5-6H2,(H,16,17,18). The van der Waals surface area contributed by atoms with E-state index in [-0.39, 0.29) is 0 Å². The minimum atomic E-state index is 0.409. The minimum absolute atomic E-state index is 0.409. The molecule has 0 saturated carbocycles. The first kappa shape index (κ1) is 10.6. The van der Waals surface area contributed by atoms with E-state index in [0.717, 1.165) is 40.7 Å². The number of aromatic nitrogens is 2. The molecule has 0 atom stereocenters. The highest BCUT2D eigenvalue weighted by Crippen LogP contribution is 2.31. The smallest absolute Gasteiger partial charge is 0.196 e. The second-order valence-electron chi connectivity index (χ2n) is 4.78. The third-order valence-electron chi connectivity index (χ3n) is 3.51. The molecule has 4 heteroatoms. The Morgan fingerprint density at radius 2 is 1.95 bits per heavy atom. The van der Waals surface area contributed by atoms with Crippen molar-refractivity contribution >= 4 is 27.9 Å². The van der Waals surface area contributed by atoms with Crippen LogP contribution < -0.4 is 5.32 Å². The first-order valence-electron chi connectivity index (χ1n) is 6.45. The Morgan fingerprint density at radius 3 is 2.84 bits per heavy atom. The summed E-state index contributed by atoms with van der Waals surface area (Å²) in [5.41, 5.74) is 2.47. The van der Waals surface area contributed by atoms with Crippen LogP contribution in [0.3, 0.4) is 0 Å². The van der Waals surface area contributed by atoms with Crippen LogP contribution in [-0.4, -0.2) is 16.0 Å². The predicted octanol–water partition coefficient (Wildman–Crippen LogP) is 3.51. The number of rotatable bonds is 2. The molecule has 94 valence electrons. The summed E-state index contributed by atoms with van der Waals surface area (Å²) in [5.74, 6) is 0.787. The maximum atomic E-state index is 5.89. The SMILES string of the molecule is C1=CCC(Nc2ncnc3c2oc2ccccc23)C1. The molecule has 0 fully saturated rings. The Bertz CT molecular complexity index is 767. The van der Waals surface area contributed by atoms with Crippen LogP contribution in [0.2, 0.25) is 0 Å². The number of hydrogen-bond acceptors (Lipinski definition) is 4. The molecule has 2 heterocycles. The highest BCUT2D eigenvalue weighted by atomic mass is 16.3. The molecule has 0 bridgehead atoms. The molecule has 19 heavy (non-hydrogen) atoms. The van der Waals surface area contributed by atoms with E-state index in [1.54, 1.807) is 6.33 Å². The molecular weight excluding hydrogens is 238 g/mol. The molecule has 1 aromatic carbocycles. The summed E-state index contributed by atoms with van der Waals surface area (Å²) in [4.78, 5) is 8.67. The summed E-state index contributed by atoms with van der Waals surface area (Å²) in [7, 11) is 0. The number of hydrogen-bond donors (Lipinski definition) is 1. The van der Waals surface area contributed by atoms with Crippen LogP contribution in [0.1, 0.15) is 12.8 Å². The van der Waals surface area contributed by atoms with Crippen molar-refractivity contribution in [2.45, 2.75) is 18.9 Å². The molecule has 0 amide bonds. The minimum Gasteiger partial charge on any atom is -0.450 e. The summed E-state index contributed by atoms with van der Waals surface area (Å²) in [6.07, 6.45) is 8.04. The molecule has 4 rings (SSSR count). The average Bonchev–Trinajstić information content (AvgIpc) is 3.06. The Morgan fingerprint density at radius 1 is 1.11 bits per heavy atom. The van der Waals surface area contributed by atoms with E-state index >= 15 is 0 Å². The lowest BCUT2D eigenvalue weighted by Crippen LogP contribution is -2.16. The number of fused-ring (bicyclic) bond motifs is 3. The van der Waals surface area contributed by atoms with Crippen LogP contribution in [0.4, 0.5) is 5.82 Å². The molecule has 0 aliphatic heterocycles. The highest BCUT2D eigenvalue weighted by molar-refractivity contribution is 6.05. The molecule has 1 aliphatic carbocycles. The lowest BCUT2D eigenvalue weighted by molar-refractivity contribution is 0.663. The van der Waals surface area contributed by atoms with Crippen molar-refractivity contribution in [2.24, 2.45) is 0 Å². The van der Waals surface area contributed by atoms with Crippen molar-refractivity contribution in [1.82, 2.24) is 9.97 Å². The van der Waals surface area contributed by atoms with Gasteiger partial charge in [0.15, 0.2) is 11.4 Å². The van der Waals surface area contributed by atoms with Gasteiger partial charge in [-0.25, -0.2) is 9.97 Å². The van der Waals surface area contributed by atoms with Gasteiger partial charge in [0.2, 0.25) is 0 Å². The highest BCUT2D eigenvalue weighted by Gasteiger charge is 2.16. The first-order valence-corrected chi connectivity index (χ1v) is 6.45. The zero-order valence-electron chi connectivity index (χ0n) is 10.3. The normalized spacial score (nSPS) is 15.6. The third kappa shape index (κ3) is 1.68. The quantitative estimate of drug-likeness (QED) is 0.708. The summed E-state index contributed by atoms with van der Waals surface area (Å²) in [6.45, 7) is 0. The van der Waals surface area contributed by atoms with Gasteiger partial charge in [0.05, 0.1) is 0 Å². The van der Waals surface area contributed by atoms with Crippen molar-refractivity contribution in [3.05, 3.63) is 42.7 Å². The van der Waals surface area contributed by atoms with Gasteiger partial charge >= 0.3 is 0 Å². The molecule has 1 aliphatic rings. The Kier molecular flexibility index (Phi) is 2.27. The van der Waals surface area contributed by atoms with Crippen LogP contribution in [-0.2, 0) is 0 Å². The van der Waals surface area contributed by atoms with Gasteiger partial charge in [-0.05, 0) is 25.0 Å². The van der Waals surface area contributed by atoms with Gasteiger partial charge in [0.1, 0.15) is 17.4 Å². The number of furan rings is 1. The lowest BCUT2D eigenvalue weighted by atomic mass is 10.2. The molecule has 0 spiro atoms. The Balaban J connectivity index is 1.86. The molecular formula is C15H13N3O. The largest absolute Gasteiger partial charge is 0.450 e. The molecule has 0 saturated heterocycles. The van der Waals surface area contributed by atoms with E-state index in [0.29, 0.717) is 6.04 Å². The van der Waals surface area contributed by atoms with Crippen molar-refractivity contribution in [1.29, 1.82) is 0 Å². The fourth-order valence-electron chi connectivity index (χ4n) is 2.55. The van der Waals surface area contributed by atoms with Gasteiger partial charge in [-0.2, -0.15) is 0 Å². The molecule has 2 aromatic heterocycles. The van der Waals surface area contributed by atoms with E-state index in [9.17, 15) is 0 Å². The molecule has 3 aromatic rings. The molecule has 4 nitrogen and oxygen atoms in total. The summed E-state index contributed by atoms with van der Waals surface area (Å²) < 4.78 is 5.89. The molecule has 1 N–H and O–H groups in total. The van der Waals surface area contributed by atoms with Crippen LogP contribution in [0.25, 0.3) is 22.1 Å². The van der Waals surface area contributed by atoms with E-state index in [2.05, 4.69) is 27.4 Å². The number of para-hydroxylation sites is 1. The number of anilines is 1. The van der Waals surface area contributed by atoms with E-state index in [1.807, 2.05) is 24.3 Å². The van der Waals surface area contributed by atoms with Crippen LogP contribution in [0.15, 0.2) is 47.2 Å². The topological polar surface area (TPSA) is 51.0 Å². The second-order valence-corrected chi connectivity index (χ2v) is 4.78. The van der Waals surface area contributed by atoms with Crippen molar-refractivity contribution < 1.29 is 4.42 Å². The fourth-order valence-corrected chi connectivity index (χ4v) is 2.55. The monoisotopic (exact) mass is 251 g/mol.